The third kappa shape index (κ3) is 9.63. The smallest absolute Gasteiger partial charge is 0.254 e. The first-order valence-corrected chi connectivity index (χ1v) is 19.5. The Morgan fingerprint density at radius 2 is 1.77 bits per heavy atom. The highest BCUT2D eigenvalue weighted by Crippen LogP contribution is 2.39. The SMILES string of the molecule is O=C(CCOCCN1C(=O)C=CC1=O)N1CCO[C@H](C(=O)N(C[C@@H]2CNC[C@@H]2F)[C@@H](c2nc(-c3cc(F)ccc3F)cn2Cc2ccccc2)C2CCOCC2)C1. The van der Waals surface area contributed by atoms with Crippen molar-refractivity contribution in [3.63, 3.8) is 0 Å². The number of morpholine rings is 1. The van der Waals surface area contributed by atoms with Crippen molar-refractivity contribution in [3.8, 4) is 11.3 Å². The lowest BCUT2D eigenvalue weighted by Gasteiger charge is -2.42. The van der Waals surface area contributed by atoms with Gasteiger partial charge in [0.2, 0.25) is 5.91 Å². The molecule has 7 rings (SSSR count). The summed E-state index contributed by atoms with van der Waals surface area (Å²) in [6.07, 6.45) is 2.88. The number of nitrogens with zero attached hydrogens (tertiary/aromatic N) is 5. The monoisotopic (exact) mass is 792 g/mol. The van der Waals surface area contributed by atoms with Crippen molar-refractivity contribution in [1.82, 2.24) is 29.6 Å². The number of hydrogen-bond acceptors (Lipinski definition) is 9. The van der Waals surface area contributed by atoms with Crippen LogP contribution in [0.25, 0.3) is 11.3 Å². The summed E-state index contributed by atoms with van der Waals surface area (Å²) in [6.45, 7) is 2.15. The van der Waals surface area contributed by atoms with Crippen LogP contribution in [-0.4, -0.2) is 132 Å². The van der Waals surface area contributed by atoms with Gasteiger partial charge in [-0.25, -0.2) is 18.2 Å². The molecule has 4 amide bonds. The number of nitrogens with one attached hydrogen (secondary N) is 1. The summed E-state index contributed by atoms with van der Waals surface area (Å²) in [5, 5.41) is 3.09. The second kappa shape index (κ2) is 18.6. The molecule has 57 heavy (non-hydrogen) atoms. The molecule has 5 heterocycles. The van der Waals surface area contributed by atoms with E-state index in [1.54, 1.807) is 16.0 Å². The standard InChI is InChI=1S/C41H47F3N6O7/c42-30-6-7-32(43)31(20-30)34-25-48(23-27-4-2-1-3-5-27)40(46-34)39(28-10-15-55-16-11-28)50(24-29-21-45-22-33(29)44)41(54)35-26-47(13-19-57-35)36(51)12-17-56-18-14-49-37(52)8-9-38(49)53/h1-9,20,25,28-29,33,35,39,45H,10-19,21-24,26H2/t29-,33-,35-,39+/m0/s1. The summed E-state index contributed by atoms with van der Waals surface area (Å²) in [7, 11) is 0. The molecule has 4 aliphatic heterocycles. The lowest BCUT2D eigenvalue weighted by atomic mass is 9.88. The number of ether oxygens (including phenoxy) is 3. The average Bonchev–Trinajstić information content (AvgIpc) is 3.93. The van der Waals surface area contributed by atoms with Crippen LogP contribution in [0.3, 0.4) is 0 Å². The molecule has 0 radical (unpaired) electrons. The van der Waals surface area contributed by atoms with E-state index >= 15 is 8.78 Å². The Bertz CT molecular complexity index is 1920. The van der Waals surface area contributed by atoms with Crippen molar-refractivity contribution >= 4 is 23.6 Å². The number of imide groups is 1. The Balaban J connectivity index is 1.17. The predicted molar refractivity (Wildman–Crippen MR) is 200 cm³/mol. The van der Waals surface area contributed by atoms with Crippen molar-refractivity contribution in [2.24, 2.45) is 11.8 Å². The third-order valence-corrected chi connectivity index (χ3v) is 11.0. The molecule has 1 N–H and O–H groups in total. The first kappa shape index (κ1) is 40.3. The van der Waals surface area contributed by atoms with Crippen molar-refractivity contribution in [2.45, 2.75) is 44.1 Å². The fourth-order valence-electron chi connectivity index (χ4n) is 7.94. The van der Waals surface area contributed by atoms with E-state index in [1.807, 2.05) is 34.9 Å². The van der Waals surface area contributed by atoms with E-state index in [0.29, 0.717) is 45.0 Å². The number of carbonyl (C=O) groups is 4. The largest absolute Gasteiger partial charge is 0.381 e. The van der Waals surface area contributed by atoms with Gasteiger partial charge in [-0.05, 0) is 42.5 Å². The summed E-state index contributed by atoms with van der Waals surface area (Å²) in [5.41, 5.74) is 1.08. The minimum Gasteiger partial charge on any atom is -0.381 e. The summed E-state index contributed by atoms with van der Waals surface area (Å²) in [5.74, 6) is -3.10. The van der Waals surface area contributed by atoms with E-state index in [2.05, 4.69) is 5.32 Å². The molecule has 0 bridgehead atoms. The van der Waals surface area contributed by atoms with Gasteiger partial charge in [-0.2, -0.15) is 0 Å². The minimum absolute atomic E-state index is 0.00306. The van der Waals surface area contributed by atoms with Gasteiger partial charge in [0.05, 0.1) is 51.1 Å². The molecule has 13 nitrogen and oxygen atoms in total. The fourth-order valence-corrected chi connectivity index (χ4v) is 7.94. The van der Waals surface area contributed by atoms with Crippen LogP contribution in [0.15, 0.2) is 66.9 Å². The summed E-state index contributed by atoms with van der Waals surface area (Å²) >= 11 is 0. The second-order valence-electron chi connectivity index (χ2n) is 14.8. The number of alkyl halides is 1. The van der Waals surface area contributed by atoms with Crippen molar-refractivity contribution in [3.05, 3.63) is 89.9 Å². The van der Waals surface area contributed by atoms with Gasteiger partial charge in [0.15, 0.2) is 6.10 Å². The second-order valence-corrected chi connectivity index (χ2v) is 14.8. The molecule has 0 spiro atoms. The van der Waals surface area contributed by atoms with Gasteiger partial charge in [-0.15, -0.1) is 0 Å². The maximum atomic E-state index is 15.5. The van der Waals surface area contributed by atoms with Crippen LogP contribution in [-0.2, 0) is 39.9 Å². The van der Waals surface area contributed by atoms with Crippen molar-refractivity contribution < 1.29 is 46.6 Å². The van der Waals surface area contributed by atoms with Crippen LogP contribution < -0.4 is 5.32 Å². The number of halogens is 3. The molecule has 0 saturated carbocycles. The lowest BCUT2D eigenvalue weighted by molar-refractivity contribution is -0.159. The first-order chi connectivity index (χ1) is 27.7. The maximum absolute atomic E-state index is 15.5. The van der Waals surface area contributed by atoms with Gasteiger partial charge in [0.1, 0.15) is 23.6 Å². The van der Waals surface area contributed by atoms with Crippen LogP contribution in [0.4, 0.5) is 13.2 Å². The number of hydrogen-bond donors (Lipinski definition) is 1. The van der Waals surface area contributed by atoms with Gasteiger partial charge in [0.25, 0.3) is 17.7 Å². The first-order valence-electron chi connectivity index (χ1n) is 19.5. The van der Waals surface area contributed by atoms with E-state index in [4.69, 9.17) is 19.2 Å². The predicted octanol–water partition coefficient (Wildman–Crippen LogP) is 3.29. The highest BCUT2D eigenvalue weighted by atomic mass is 19.1. The van der Waals surface area contributed by atoms with Crippen molar-refractivity contribution in [1.29, 1.82) is 0 Å². The Morgan fingerprint density at radius 1 is 1.00 bits per heavy atom. The highest BCUT2D eigenvalue weighted by molar-refractivity contribution is 6.12. The van der Waals surface area contributed by atoms with Gasteiger partial charge in [0, 0.05) is 75.8 Å². The van der Waals surface area contributed by atoms with E-state index in [0.717, 1.165) is 28.7 Å². The normalized spacial score (nSPS) is 22.1. The topological polar surface area (TPSA) is 136 Å². The van der Waals surface area contributed by atoms with Gasteiger partial charge in [-0.3, -0.25) is 24.1 Å². The highest BCUT2D eigenvalue weighted by Gasteiger charge is 2.43. The molecular formula is C41H47F3N6O7. The summed E-state index contributed by atoms with van der Waals surface area (Å²) in [6, 6.07) is 12.0. The van der Waals surface area contributed by atoms with E-state index in [1.165, 1.54) is 12.2 Å². The van der Waals surface area contributed by atoms with Gasteiger partial charge >= 0.3 is 0 Å². The zero-order valence-electron chi connectivity index (χ0n) is 31.6. The zero-order chi connectivity index (χ0) is 39.9. The Kier molecular flexibility index (Phi) is 13.1. The lowest BCUT2D eigenvalue weighted by Crippen LogP contribution is -2.55. The van der Waals surface area contributed by atoms with E-state index in [9.17, 15) is 23.6 Å². The number of rotatable bonds is 15. The van der Waals surface area contributed by atoms with Crippen LogP contribution >= 0.6 is 0 Å². The molecule has 304 valence electrons. The number of carbonyl (C=O) groups excluding carboxylic acids is 4. The molecular weight excluding hydrogens is 745 g/mol. The summed E-state index contributed by atoms with van der Waals surface area (Å²) in [4.78, 5) is 61.2. The third-order valence-electron chi connectivity index (χ3n) is 11.0. The van der Waals surface area contributed by atoms with Crippen molar-refractivity contribution in [2.75, 3.05) is 72.3 Å². The molecule has 1 aromatic heterocycles. The minimum atomic E-state index is -1.22. The van der Waals surface area contributed by atoms with E-state index in [-0.39, 0.29) is 82.0 Å². The number of amides is 4. The molecule has 3 aromatic rings. The molecule has 2 aromatic carbocycles. The molecule has 0 unspecified atom stereocenters. The fraction of sp³-hybridized carbons (Fsp3) is 0.488. The number of imidazole rings is 1. The average molecular weight is 793 g/mol. The Morgan fingerprint density at radius 3 is 2.51 bits per heavy atom. The van der Waals surface area contributed by atoms with E-state index < -0.39 is 53.6 Å². The number of benzene rings is 2. The van der Waals surface area contributed by atoms with Crippen LogP contribution in [0.2, 0.25) is 0 Å². The maximum Gasteiger partial charge on any atom is 0.254 e. The molecule has 0 aliphatic carbocycles. The van der Waals surface area contributed by atoms with Crippen LogP contribution in [0, 0.1) is 23.5 Å². The Hall–Kier alpha value is -4.90. The quantitative estimate of drug-likeness (QED) is 0.182. The Labute approximate surface area is 328 Å². The molecule has 16 heteroatoms. The summed E-state index contributed by atoms with van der Waals surface area (Å²) < 4.78 is 64.5. The van der Waals surface area contributed by atoms with Gasteiger partial charge < -0.3 is 33.9 Å². The van der Waals surface area contributed by atoms with Crippen LogP contribution in [0.5, 0.6) is 0 Å². The molecule has 4 aliphatic rings. The molecule has 3 fully saturated rings. The molecule has 4 atom stereocenters. The number of aromatic nitrogens is 2. The molecule has 3 saturated heterocycles. The van der Waals surface area contributed by atoms with Crippen LogP contribution in [0.1, 0.15) is 36.7 Å². The zero-order valence-corrected chi connectivity index (χ0v) is 31.6. The van der Waals surface area contributed by atoms with Gasteiger partial charge in [-0.1, -0.05) is 30.3 Å².